The van der Waals surface area contributed by atoms with E-state index in [4.69, 9.17) is 9.51 Å². The minimum Gasteiger partial charge on any atom is -0.327 e. The van der Waals surface area contributed by atoms with E-state index in [1.807, 2.05) is 24.3 Å². The highest BCUT2D eigenvalue weighted by Gasteiger charge is 2.16. The summed E-state index contributed by atoms with van der Waals surface area (Å²) < 4.78 is 20.4. The molecule has 0 unspecified atom stereocenters. The lowest BCUT2D eigenvalue weighted by Gasteiger charge is -2.12. The molecule has 0 amide bonds. The van der Waals surface area contributed by atoms with E-state index in [0.717, 1.165) is 64.3 Å². The molecule has 0 radical (unpaired) electrons. The highest BCUT2D eigenvalue weighted by Crippen LogP contribution is 2.30. The van der Waals surface area contributed by atoms with E-state index in [9.17, 15) is 9.18 Å². The summed E-state index contributed by atoms with van der Waals surface area (Å²) in [6, 6.07) is 22.6. The normalized spacial score (nSPS) is 11.2. The summed E-state index contributed by atoms with van der Waals surface area (Å²) in [5, 5.41) is 3.85. The molecule has 0 saturated heterocycles. The molecule has 0 spiro atoms. The maximum Gasteiger partial charge on any atom is 0.439 e. The number of imidazole rings is 1. The Kier molecular flexibility index (Phi) is 6.62. The molecule has 0 fully saturated rings. The van der Waals surface area contributed by atoms with E-state index in [1.54, 1.807) is 12.1 Å². The van der Waals surface area contributed by atoms with Crippen LogP contribution in [0.1, 0.15) is 36.8 Å². The first-order valence-electron chi connectivity index (χ1n) is 12.1. The van der Waals surface area contributed by atoms with Crippen molar-refractivity contribution in [2.45, 2.75) is 39.7 Å². The molecule has 182 valence electrons. The SMILES string of the molecule is CCCCc1nc(-c2ccc(F)cc2)c(C)n1Cc1ccc(-c2ccccc2-c2noc(=O)[nH]2)cc1. The first-order valence-corrected chi connectivity index (χ1v) is 12.1. The Labute approximate surface area is 208 Å². The van der Waals surface area contributed by atoms with Gasteiger partial charge < -0.3 is 4.57 Å². The zero-order valence-corrected chi connectivity index (χ0v) is 20.3. The third kappa shape index (κ3) is 4.77. The van der Waals surface area contributed by atoms with Crippen LogP contribution in [0.5, 0.6) is 0 Å². The number of unbranched alkanes of at least 4 members (excludes halogenated alkanes) is 1. The molecule has 6 nitrogen and oxygen atoms in total. The topological polar surface area (TPSA) is 76.7 Å². The lowest BCUT2D eigenvalue weighted by molar-refractivity contribution is 0.388. The molecule has 0 aliphatic heterocycles. The number of halogens is 1. The van der Waals surface area contributed by atoms with E-state index in [1.165, 1.54) is 12.1 Å². The van der Waals surface area contributed by atoms with Crippen molar-refractivity contribution in [3.05, 3.63) is 106 Å². The van der Waals surface area contributed by atoms with Crippen molar-refractivity contribution in [1.29, 1.82) is 0 Å². The Morgan fingerprint density at radius 2 is 1.64 bits per heavy atom. The number of benzene rings is 3. The van der Waals surface area contributed by atoms with Crippen LogP contribution < -0.4 is 5.76 Å². The van der Waals surface area contributed by atoms with Crippen molar-refractivity contribution in [1.82, 2.24) is 19.7 Å². The van der Waals surface area contributed by atoms with Gasteiger partial charge in [0.1, 0.15) is 11.6 Å². The van der Waals surface area contributed by atoms with Crippen molar-refractivity contribution in [3.63, 3.8) is 0 Å². The Balaban J connectivity index is 1.46. The molecule has 0 saturated carbocycles. The van der Waals surface area contributed by atoms with Gasteiger partial charge in [-0.2, -0.15) is 0 Å². The molecule has 2 heterocycles. The summed E-state index contributed by atoms with van der Waals surface area (Å²) in [6.07, 6.45) is 3.03. The Morgan fingerprint density at radius 1 is 0.944 bits per heavy atom. The van der Waals surface area contributed by atoms with Crippen LogP contribution >= 0.6 is 0 Å². The summed E-state index contributed by atoms with van der Waals surface area (Å²) in [6.45, 7) is 4.94. The molecule has 5 rings (SSSR count). The van der Waals surface area contributed by atoms with Gasteiger partial charge in [0.15, 0.2) is 5.82 Å². The molecule has 2 aromatic heterocycles. The molecule has 0 aliphatic rings. The summed E-state index contributed by atoms with van der Waals surface area (Å²) in [7, 11) is 0. The van der Waals surface area contributed by atoms with E-state index in [0.29, 0.717) is 12.4 Å². The molecule has 1 N–H and O–H groups in total. The molecule has 0 atom stereocenters. The maximum atomic E-state index is 13.5. The second-order valence-corrected chi connectivity index (χ2v) is 8.84. The number of rotatable bonds is 8. The average Bonchev–Trinajstić information content (AvgIpc) is 3.47. The van der Waals surface area contributed by atoms with Gasteiger partial charge in [0.25, 0.3) is 0 Å². The second-order valence-electron chi connectivity index (χ2n) is 8.84. The Hall–Kier alpha value is -4.26. The van der Waals surface area contributed by atoms with Crippen molar-refractivity contribution < 1.29 is 8.91 Å². The molecular formula is C29H27FN4O2. The number of hydrogen-bond donors (Lipinski definition) is 1. The van der Waals surface area contributed by atoms with Crippen LogP contribution in [0.2, 0.25) is 0 Å². The van der Waals surface area contributed by atoms with Crippen LogP contribution in [-0.2, 0) is 13.0 Å². The van der Waals surface area contributed by atoms with E-state index < -0.39 is 5.76 Å². The van der Waals surface area contributed by atoms with Crippen molar-refractivity contribution in [2.24, 2.45) is 0 Å². The van der Waals surface area contributed by atoms with Crippen molar-refractivity contribution in [2.75, 3.05) is 0 Å². The predicted octanol–water partition coefficient (Wildman–Crippen LogP) is 6.40. The highest BCUT2D eigenvalue weighted by atomic mass is 19.1. The van der Waals surface area contributed by atoms with Crippen LogP contribution in [0.25, 0.3) is 33.8 Å². The fraction of sp³-hybridized carbons (Fsp3) is 0.207. The lowest BCUT2D eigenvalue weighted by atomic mass is 9.98. The van der Waals surface area contributed by atoms with Gasteiger partial charge in [-0.1, -0.05) is 67.0 Å². The van der Waals surface area contributed by atoms with Crippen molar-refractivity contribution in [3.8, 4) is 33.8 Å². The third-order valence-corrected chi connectivity index (χ3v) is 6.40. The van der Waals surface area contributed by atoms with Gasteiger partial charge in [-0.15, -0.1) is 0 Å². The molecule has 3 aromatic carbocycles. The fourth-order valence-corrected chi connectivity index (χ4v) is 4.47. The number of aromatic amines is 1. The standard InChI is InChI=1S/C29H27FN4O2/c1-3-4-9-26-31-27(22-14-16-23(30)17-15-22)19(2)34(26)18-20-10-12-21(13-11-20)24-7-5-6-8-25(24)28-32-29(35)36-33-28/h5-8,10-17H,3-4,9,18H2,1-2H3,(H,32,33,35). The smallest absolute Gasteiger partial charge is 0.327 e. The summed E-state index contributed by atoms with van der Waals surface area (Å²) in [5.74, 6) is 0.615. The molecule has 0 bridgehead atoms. The number of H-pyrrole nitrogens is 1. The quantitative estimate of drug-likeness (QED) is 0.278. The van der Waals surface area contributed by atoms with Gasteiger partial charge >= 0.3 is 5.76 Å². The van der Waals surface area contributed by atoms with Crippen LogP contribution in [0, 0.1) is 12.7 Å². The number of nitrogens with one attached hydrogen (secondary N) is 1. The number of hydrogen-bond acceptors (Lipinski definition) is 4. The second kappa shape index (κ2) is 10.2. The lowest BCUT2D eigenvalue weighted by Crippen LogP contribution is -2.07. The fourth-order valence-electron chi connectivity index (χ4n) is 4.47. The van der Waals surface area contributed by atoms with E-state index in [-0.39, 0.29) is 5.82 Å². The van der Waals surface area contributed by atoms with Gasteiger partial charge in [0, 0.05) is 29.8 Å². The first kappa shape index (κ1) is 23.5. The summed E-state index contributed by atoms with van der Waals surface area (Å²) in [5.41, 5.74) is 6.80. The first-order chi connectivity index (χ1) is 17.5. The van der Waals surface area contributed by atoms with E-state index in [2.05, 4.69) is 52.8 Å². The average molecular weight is 483 g/mol. The minimum atomic E-state index is -0.579. The Morgan fingerprint density at radius 3 is 2.31 bits per heavy atom. The van der Waals surface area contributed by atoms with Gasteiger partial charge in [-0.05, 0) is 54.3 Å². The predicted molar refractivity (Wildman–Crippen MR) is 138 cm³/mol. The van der Waals surface area contributed by atoms with Crippen LogP contribution in [0.3, 0.4) is 0 Å². The largest absolute Gasteiger partial charge is 0.439 e. The van der Waals surface area contributed by atoms with Gasteiger partial charge in [0.05, 0.1) is 5.69 Å². The van der Waals surface area contributed by atoms with E-state index >= 15 is 0 Å². The van der Waals surface area contributed by atoms with Crippen LogP contribution in [-0.4, -0.2) is 19.7 Å². The number of aryl methyl sites for hydroxylation is 1. The molecule has 7 heteroatoms. The minimum absolute atomic E-state index is 0.251. The van der Waals surface area contributed by atoms with Crippen molar-refractivity contribution >= 4 is 0 Å². The molecule has 0 aliphatic carbocycles. The Bertz CT molecular complexity index is 1530. The highest BCUT2D eigenvalue weighted by molar-refractivity contribution is 5.80. The third-order valence-electron chi connectivity index (χ3n) is 6.40. The molecule has 5 aromatic rings. The van der Waals surface area contributed by atoms with Gasteiger partial charge in [-0.25, -0.2) is 14.2 Å². The monoisotopic (exact) mass is 482 g/mol. The molecular weight excluding hydrogens is 455 g/mol. The van der Waals surface area contributed by atoms with Crippen LogP contribution in [0.15, 0.2) is 82.1 Å². The van der Waals surface area contributed by atoms with Gasteiger partial charge in [0.2, 0.25) is 0 Å². The zero-order valence-electron chi connectivity index (χ0n) is 20.3. The van der Waals surface area contributed by atoms with Crippen LogP contribution in [0.4, 0.5) is 4.39 Å². The van der Waals surface area contributed by atoms with Gasteiger partial charge in [-0.3, -0.25) is 9.51 Å². The summed E-state index contributed by atoms with van der Waals surface area (Å²) >= 11 is 0. The number of nitrogens with zero attached hydrogens (tertiary/aromatic N) is 3. The number of aromatic nitrogens is 4. The summed E-state index contributed by atoms with van der Waals surface area (Å²) in [4.78, 5) is 19.0. The molecule has 36 heavy (non-hydrogen) atoms. The maximum absolute atomic E-state index is 13.5. The zero-order chi connectivity index (χ0) is 25.1.